The molecule has 31 heavy (non-hydrogen) atoms. The average Bonchev–Trinajstić information content (AvgIpc) is 3.27. The van der Waals surface area contributed by atoms with Crippen LogP contribution in [0.2, 0.25) is 0 Å². The summed E-state index contributed by atoms with van der Waals surface area (Å²) in [6.45, 7) is 4.54. The van der Waals surface area contributed by atoms with Gasteiger partial charge in [-0.2, -0.15) is 5.10 Å². The summed E-state index contributed by atoms with van der Waals surface area (Å²) >= 11 is 0. The van der Waals surface area contributed by atoms with Crippen molar-refractivity contribution >= 4 is 34.4 Å². The number of aryl methyl sites for hydroxylation is 1. The van der Waals surface area contributed by atoms with Gasteiger partial charge in [0.1, 0.15) is 11.3 Å². The number of carbonyl (C=O) groups is 3. The number of furan rings is 1. The first-order valence-electron chi connectivity index (χ1n) is 9.44. The predicted molar refractivity (Wildman–Crippen MR) is 114 cm³/mol. The molecular weight excluding hydrogens is 398 g/mol. The maximum absolute atomic E-state index is 12.9. The molecule has 0 aliphatic rings. The molecule has 3 N–H and O–H groups in total. The first-order valence-corrected chi connectivity index (χ1v) is 9.44. The molecule has 3 aromatic heterocycles. The third-order valence-corrected chi connectivity index (χ3v) is 4.96. The number of pyridine rings is 1. The number of Topliss-reactive ketones (excluding diaryl/α,β-unsaturated/α-hetero) is 1. The highest BCUT2D eigenvalue weighted by Gasteiger charge is 2.27. The lowest BCUT2D eigenvalue weighted by Gasteiger charge is -2.07. The molecule has 4 aromatic rings. The van der Waals surface area contributed by atoms with Gasteiger partial charge in [0.05, 0.1) is 28.5 Å². The number of nitrogens with two attached hydrogens (primary N) is 1. The van der Waals surface area contributed by atoms with E-state index in [0.29, 0.717) is 11.5 Å². The molecule has 0 saturated heterocycles. The number of anilines is 1. The summed E-state index contributed by atoms with van der Waals surface area (Å²) in [4.78, 5) is 41.2. The number of amides is 2. The number of hydrogen-bond acceptors (Lipinski definition) is 6. The Bertz CT molecular complexity index is 1370. The zero-order chi connectivity index (χ0) is 22.3. The summed E-state index contributed by atoms with van der Waals surface area (Å²) in [6, 6.07) is 11.4. The van der Waals surface area contributed by atoms with Gasteiger partial charge in [-0.15, -0.1) is 0 Å². The molecule has 0 spiro atoms. The molecule has 0 aliphatic carbocycles. The van der Waals surface area contributed by atoms with Crippen molar-refractivity contribution in [1.29, 1.82) is 0 Å². The number of fused-ring (bicyclic) bond motifs is 1. The van der Waals surface area contributed by atoms with Crippen LogP contribution in [0.3, 0.4) is 0 Å². The van der Waals surface area contributed by atoms with Gasteiger partial charge in [-0.3, -0.25) is 19.7 Å². The summed E-state index contributed by atoms with van der Waals surface area (Å²) in [6.07, 6.45) is 1.40. The number of nitrogens with one attached hydrogen (secondary N) is 1. The minimum absolute atomic E-state index is 0.0515. The van der Waals surface area contributed by atoms with Crippen LogP contribution < -0.4 is 11.1 Å². The second-order valence-corrected chi connectivity index (χ2v) is 7.03. The third kappa shape index (κ3) is 3.46. The van der Waals surface area contributed by atoms with Crippen molar-refractivity contribution in [3.8, 4) is 5.82 Å². The first kappa shape index (κ1) is 20.0. The molecule has 0 atom stereocenters. The van der Waals surface area contributed by atoms with Gasteiger partial charge in [-0.05, 0) is 39.0 Å². The van der Waals surface area contributed by atoms with Crippen LogP contribution in [-0.4, -0.2) is 32.4 Å². The fourth-order valence-electron chi connectivity index (χ4n) is 3.50. The quantitative estimate of drug-likeness (QED) is 0.479. The van der Waals surface area contributed by atoms with Gasteiger partial charge in [0.15, 0.2) is 11.6 Å². The monoisotopic (exact) mass is 417 g/mol. The highest BCUT2D eigenvalue weighted by Crippen LogP contribution is 2.28. The van der Waals surface area contributed by atoms with Crippen molar-refractivity contribution in [3.05, 3.63) is 70.7 Å². The van der Waals surface area contributed by atoms with Crippen molar-refractivity contribution in [3.63, 3.8) is 0 Å². The molecule has 0 saturated carbocycles. The van der Waals surface area contributed by atoms with Crippen LogP contribution in [0.5, 0.6) is 0 Å². The van der Waals surface area contributed by atoms with Crippen LogP contribution in [0.15, 0.2) is 47.0 Å². The number of para-hydroxylation sites is 1. The Hall–Kier alpha value is -4.27. The summed E-state index contributed by atoms with van der Waals surface area (Å²) in [7, 11) is 0. The molecule has 0 radical (unpaired) electrons. The van der Waals surface area contributed by atoms with Gasteiger partial charge in [0.2, 0.25) is 5.88 Å². The number of benzene rings is 1. The van der Waals surface area contributed by atoms with Gasteiger partial charge in [-0.1, -0.05) is 18.2 Å². The molecule has 0 aliphatic heterocycles. The Balaban J connectivity index is 1.68. The van der Waals surface area contributed by atoms with Crippen LogP contribution in [0, 0.1) is 13.8 Å². The van der Waals surface area contributed by atoms with E-state index in [0.717, 1.165) is 10.9 Å². The van der Waals surface area contributed by atoms with Gasteiger partial charge in [-0.25, -0.2) is 9.67 Å². The molecule has 9 heteroatoms. The van der Waals surface area contributed by atoms with E-state index in [9.17, 15) is 14.4 Å². The Morgan fingerprint density at radius 1 is 1.06 bits per heavy atom. The highest BCUT2D eigenvalue weighted by atomic mass is 16.4. The van der Waals surface area contributed by atoms with Gasteiger partial charge >= 0.3 is 0 Å². The van der Waals surface area contributed by atoms with Crippen LogP contribution in [0.25, 0.3) is 16.7 Å². The molecule has 0 bridgehead atoms. The summed E-state index contributed by atoms with van der Waals surface area (Å²) in [5.74, 6) is -1.23. The number of hydrogen-bond donors (Lipinski definition) is 2. The van der Waals surface area contributed by atoms with E-state index in [4.69, 9.17) is 10.2 Å². The molecule has 0 unspecified atom stereocenters. The van der Waals surface area contributed by atoms with Crippen LogP contribution in [0.4, 0.5) is 5.88 Å². The van der Waals surface area contributed by atoms with E-state index >= 15 is 0 Å². The summed E-state index contributed by atoms with van der Waals surface area (Å²) in [5, 5.41) is 7.80. The number of nitrogens with zero attached hydrogens (tertiary/aromatic N) is 3. The highest BCUT2D eigenvalue weighted by molar-refractivity contribution is 6.13. The van der Waals surface area contributed by atoms with Gasteiger partial charge in [0, 0.05) is 5.39 Å². The van der Waals surface area contributed by atoms with E-state index in [1.165, 1.54) is 20.0 Å². The maximum atomic E-state index is 12.9. The normalized spacial score (nSPS) is 10.9. The Morgan fingerprint density at radius 3 is 2.52 bits per heavy atom. The van der Waals surface area contributed by atoms with Gasteiger partial charge in [0.25, 0.3) is 11.8 Å². The first-order chi connectivity index (χ1) is 14.8. The lowest BCUT2D eigenvalue weighted by molar-refractivity contribution is 0.0974. The van der Waals surface area contributed by atoms with Crippen LogP contribution in [-0.2, 0) is 0 Å². The predicted octanol–water partition coefficient (Wildman–Crippen LogP) is 3.18. The fourth-order valence-corrected chi connectivity index (χ4v) is 3.50. The van der Waals surface area contributed by atoms with Crippen molar-refractivity contribution in [1.82, 2.24) is 14.8 Å². The molecule has 4 rings (SSSR count). The number of ketones is 1. The molecule has 1 aromatic carbocycles. The molecule has 3 heterocycles. The number of primary amides is 1. The molecule has 2 amide bonds. The molecule has 9 nitrogen and oxygen atoms in total. The molecular formula is C22H19N5O4. The summed E-state index contributed by atoms with van der Waals surface area (Å²) < 4.78 is 6.99. The number of carbonyl (C=O) groups excluding carboxylic acids is 3. The zero-order valence-corrected chi connectivity index (χ0v) is 17.1. The van der Waals surface area contributed by atoms with Crippen molar-refractivity contribution in [2.24, 2.45) is 5.73 Å². The van der Waals surface area contributed by atoms with Gasteiger partial charge < -0.3 is 10.2 Å². The SMILES string of the molecule is CC(=O)c1c(C)oc(NC(=O)c2cnn(-c3ccc4ccccc4n3)c2C)c1C(N)=O. The topological polar surface area (TPSA) is 133 Å². The van der Waals surface area contributed by atoms with Crippen molar-refractivity contribution in [2.45, 2.75) is 20.8 Å². The Labute approximate surface area is 176 Å². The number of aromatic nitrogens is 3. The van der Waals surface area contributed by atoms with Crippen LogP contribution >= 0.6 is 0 Å². The standard InChI is InChI=1S/C22H19N5O4/c1-11-15(10-24-27(11)17-9-8-14-6-4-5-7-16(14)25-17)21(30)26-22-19(20(23)29)18(12(2)28)13(3)31-22/h4-10H,1-3H3,(H2,23,29)(H,26,30). The van der Waals surface area contributed by atoms with E-state index in [-0.39, 0.29) is 34.1 Å². The van der Waals surface area contributed by atoms with Crippen molar-refractivity contribution in [2.75, 3.05) is 5.32 Å². The summed E-state index contributed by atoms with van der Waals surface area (Å²) in [5.41, 5.74) is 6.90. The smallest absolute Gasteiger partial charge is 0.261 e. The molecule has 0 fully saturated rings. The lowest BCUT2D eigenvalue weighted by atomic mass is 10.1. The van der Waals surface area contributed by atoms with E-state index in [1.54, 1.807) is 11.6 Å². The second-order valence-electron chi connectivity index (χ2n) is 7.03. The Kier molecular flexibility index (Phi) is 4.86. The zero-order valence-electron chi connectivity index (χ0n) is 17.1. The lowest BCUT2D eigenvalue weighted by Crippen LogP contribution is -2.19. The van der Waals surface area contributed by atoms with Crippen molar-refractivity contribution < 1.29 is 18.8 Å². The minimum Gasteiger partial charge on any atom is -0.444 e. The fraction of sp³-hybridized carbons (Fsp3) is 0.136. The van der Waals surface area contributed by atoms with E-state index in [1.807, 2.05) is 36.4 Å². The van der Waals surface area contributed by atoms with E-state index < -0.39 is 11.8 Å². The number of rotatable bonds is 5. The second kappa shape index (κ2) is 7.52. The largest absolute Gasteiger partial charge is 0.444 e. The molecule has 156 valence electrons. The average molecular weight is 417 g/mol. The Morgan fingerprint density at radius 2 is 1.81 bits per heavy atom. The van der Waals surface area contributed by atoms with E-state index in [2.05, 4.69) is 15.4 Å². The minimum atomic E-state index is -0.870. The third-order valence-electron chi connectivity index (χ3n) is 4.96. The van der Waals surface area contributed by atoms with Crippen LogP contribution in [0.1, 0.15) is 49.5 Å². The maximum Gasteiger partial charge on any atom is 0.261 e.